The van der Waals surface area contributed by atoms with Crippen LogP contribution in [0.1, 0.15) is 12.5 Å². The molecule has 2 rings (SSSR count). The standard InChI is InChI=1S/C14H21ClN2O2/c1-10-7-17(8-11(9-18)19-10)14-5-3-4-13(15)12(14)6-16-2/h3-5,10-11,16,18H,6-9H2,1-2H3. The minimum Gasteiger partial charge on any atom is -0.394 e. The highest BCUT2D eigenvalue weighted by Crippen LogP contribution is 2.29. The number of rotatable bonds is 4. The van der Waals surface area contributed by atoms with Gasteiger partial charge < -0.3 is 20.1 Å². The van der Waals surface area contributed by atoms with E-state index in [2.05, 4.69) is 16.3 Å². The number of morpholine rings is 1. The fourth-order valence-corrected chi connectivity index (χ4v) is 2.77. The van der Waals surface area contributed by atoms with Crippen molar-refractivity contribution in [2.45, 2.75) is 25.7 Å². The molecule has 1 aromatic rings. The predicted molar refractivity (Wildman–Crippen MR) is 77.8 cm³/mol. The summed E-state index contributed by atoms with van der Waals surface area (Å²) in [5.74, 6) is 0. The van der Waals surface area contributed by atoms with Gasteiger partial charge in [-0.3, -0.25) is 0 Å². The van der Waals surface area contributed by atoms with E-state index in [1.54, 1.807) is 0 Å². The van der Waals surface area contributed by atoms with Gasteiger partial charge in [0.25, 0.3) is 0 Å². The summed E-state index contributed by atoms with van der Waals surface area (Å²) in [5, 5.41) is 13.2. The summed E-state index contributed by atoms with van der Waals surface area (Å²) < 4.78 is 5.68. The Morgan fingerprint density at radius 1 is 1.47 bits per heavy atom. The number of anilines is 1. The van der Waals surface area contributed by atoms with Crippen LogP contribution < -0.4 is 10.2 Å². The highest BCUT2D eigenvalue weighted by molar-refractivity contribution is 6.31. The van der Waals surface area contributed by atoms with Crippen LogP contribution in [0, 0.1) is 0 Å². The molecule has 4 nitrogen and oxygen atoms in total. The van der Waals surface area contributed by atoms with Gasteiger partial charge in [-0.1, -0.05) is 17.7 Å². The first-order chi connectivity index (χ1) is 9.15. The first kappa shape index (κ1) is 14.6. The smallest absolute Gasteiger partial charge is 0.0984 e. The van der Waals surface area contributed by atoms with Crippen molar-refractivity contribution in [3.05, 3.63) is 28.8 Å². The molecule has 1 aliphatic heterocycles. The molecule has 0 amide bonds. The van der Waals surface area contributed by atoms with Crippen molar-refractivity contribution in [3.8, 4) is 0 Å². The van der Waals surface area contributed by atoms with Crippen LogP contribution in [0.25, 0.3) is 0 Å². The maximum atomic E-state index is 9.31. The number of aliphatic hydroxyl groups is 1. The van der Waals surface area contributed by atoms with Crippen molar-refractivity contribution in [2.75, 3.05) is 31.6 Å². The molecule has 2 atom stereocenters. The zero-order valence-corrected chi connectivity index (χ0v) is 12.2. The molecule has 0 aromatic heterocycles. The van der Waals surface area contributed by atoms with E-state index in [9.17, 15) is 5.11 Å². The van der Waals surface area contributed by atoms with E-state index in [-0.39, 0.29) is 18.8 Å². The molecule has 1 aliphatic rings. The number of hydrogen-bond acceptors (Lipinski definition) is 4. The molecule has 5 heteroatoms. The summed E-state index contributed by atoms with van der Waals surface area (Å²) in [5.41, 5.74) is 2.22. The molecule has 2 unspecified atom stereocenters. The van der Waals surface area contributed by atoms with Crippen LogP contribution in [0.2, 0.25) is 5.02 Å². The minimum atomic E-state index is -0.134. The molecule has 19 heavy (non-hydrogen) atoms. The van der Waals surface area contributed by atoms with Gasteiger partial charge >= 0.3 is 0 Å². The van der Waals surface area contributed by atoms with Crippen LogP contribution in [-0.2, 0) is 11.3 Å². The van der Waals surface area contributed by atoms with Crippen LogP contribution in [0.3, 0.4) is 0 Å². The third kappa shape index (κ3) is 3.39. The van der Waals surface area contributed by atoms with E-state index < -0.39 is 0 Å². The number of nitrogens with one attached hydrogen (secondary N) is 1. The van der Waals surface area contributed by atoms with E-state index in [1.165, 1.54) is 0 Å². The average molecular weight is 285 g/mol. The summed E-state index contributed by atoms with van der Waals surface area (Å²) in [6.07, 6.45) is -0.0301. The van der Waals surface area contributed by atoms with E-state index >= 15 is 0 Å². The largest absolute Gasteiger partial charge is 0.394 e. The van der Waals surface area contributed by atoms with Crippen molar-refractivity contribution < 1.29 is 9.84 Å². The van der Waals surface area contributed by atoms with Gasteiger partial charge in [-0.25, -0.2) is 0 Å². The lowest BCUT2D eigenvalue weighted by Gasteiger charge is -2.38. The summed E-state index contributed by atoms with van der Waals surface area (Å²) in [6.45, 7) is 4.30. The molecule has 0 radical (unpaired) electrons. The summed E-state index contributed by atoms with van der Waals surface area (Å²) in [7, 11) is 1.91. The average Bonchev–Trinajstić information content (AvgIpc) is 2.40. The Morgan fingerprint density at radius 3 is 2.95 bits per heavy atom. The van der Waals surface area contributed by atoms with Gasteiger partial charge in [0.05, 0.1) is 18.8 Å². The normalized spacial score (nSPS) is 23.7. The van der Waals surface area contributed by atoms with Crippen molar-refractivity contribution >= 4 is 17.3 Å². The Bertz CT molecular complexity index is 428. The van der Waals surface area contributed by atoms with E-state index in [0.29, 0.717) is 6.54 Å². The molecule has 1 fully saturated rings. The summed E-state index contributed by atoms with van der Waals surface area (Å²) in [6, 6.07) is 5.95. The van der Waals surface area contributed by atoms with Gasteiger partial charge in [-0.05, 0) is 26.1 Å². The molecule has 0 bridgehead atoms. The molecule has 1 saturated heterocycles. The molecule has 1 aromatic carbocycles. The second kappa shape index (κ2) is 6.57. The molecule has 0 spiro atoms. The van der Waals surface area contributed by atoms with Crippen molar-refractivity contribution in [1.82, 2.24) is 5.32 Å². The molecule has 106 valence electrons. The lowest BCUT2D eigenvalue weighted by atomic mass is 10.1. The quantitative estimate of drug-likeness (QED) is 0.882. The van der Waals surface area contributed by atoms with Gasteiger partial charge in [0.2, 0.25) is 0 Å². The van der Waals surface area contributed by atoms with Crippen LogP contribution in [0.4, 0.5) is 5.69 Å². The van der Waals surface area contributed by atoms with Crippen LogP contribution in [-0.4, -0.2) is 44.1 Å². The lowest BCUT2D eigenvalue weighted by Crippen LogP contribution is -2.48. The first-order valence-corrected chi connectivity index (χ1v) is 6.96. The topological polar surface area (TPSA) is 44.7 Å². The van der Waals surface area contributed by atoms with Gasteiger partial charge in [0.1, 0.15) is 0 Å². The Morgan fingerprint density at radius 2 is 2.26 bits per heavy atom. The zero-order chi connectivity index (χ0) is 13.8. The summed E-state index contributed by atoms with van der Waals surface area (Å²) >= 11 is 6.29. The second-order valence-corrected chi connectivity index (χ2v) is 5.33. The van der Waals surface area contributed by atoms with Gasteiger partial charge in [-0.2, -0.15) is 0 Å². The van der Waals surface area contributed by atoms with Crippen molar-refractivity contribution in [1.29, 1.82) is 0 Å². The number of nitrogens with zero attached hydrogens (tertiary/aromatic N) is 1. The first-order valence-electron chi connectivity index (χ1n) is 6.59. The number of aliphatic hydroxyl groups excluding tert-OH is 1. The monoisotopic (exact) mass is 284 g/mol. The molecular weight excluding hydrogens is 264 g/mol. The third-order valence-electron chi connectivity index (χ3n) is 3.32. The van der Waals surface area contributed by atoms with Gasteiger partial charge in [0.15, 0.2) is 0 Å². The summed E-state index contributed by atoms with van der Waals surface area (Å²) in [4.78, 5) is 2.24. The van der Waals surface area contributed by atoms with E-state index in [0.717, 1.165) is 29.4 Å². The fourth-order valence-electron chi connectivity index (χ4n) is 2.54. The Kier molecular flexibility index (Phi) is 5.05. The lowest BCUT2D eigenvalue weighted by molar-refractivity contribution is -0.0421. The third-order valence-corrected chi connectivity index (χ3v) is 3.67. The Balaban J connectivity index is 2.27. The number of hydrogen-bond donors (Lipinski definition) is 2. The molecule has 2 N–H and O–H groups in total. The Hall–Kier alpha value is -0.810. The van der Waals surface area contributed by atoms with Crippen LogP contribution >= 0.6 is 11.6 Å². The fraction of sp³-hybridized carbons (Fsp3) is 0.571. The molecular formula is C14H21ClN2O2. The number of halogens is 1. The number of benzene rings is 1. The SMILES string of the molecule is CNCc1c(Cl)cccc1N1CC(C)OC(CO)C1. The van der Waals surface area contributed by atoms with Crippen LogP contribution in [0.5, 0.6) is 0 Å². The van der Waals surface area contributed by atoms with Crippen molar-refractivity contribution in [2.24, 2.45) is 0 Å². The van der Waals surface area contributed by atoms with Gasteiger partial charge in [-0.15, -0.1) is 0 Å². The molecule has 1 heterocycles. The van der Waals surface area contributed by atoms with E-state index in [1.807, 2.05) is 26.1 Å². The zero-order valence-electron chi connectivity index (χ0n) is 11.4. The van der Waals surface area contributed by atoms with E-state index in [4.69, 9.17) is 16.3 Å². The van der Waals surface area contributed by atoms with Crippen LogP contribution in [0.15, 0.2) is 18.2 Å². The predicted octanol–water partition coefficient (Wildman–Crippen LogP) is 1.65. The molecule has 0 saturated carbocycles. The highest BCUT2D eigenvalue weighted by Gasteiger charge is 2.26. The number of ether oxygens (including phenoxy) is 1. The second-order valence-electron chi connectivity index (χ2n) is 4.92. The minimum absolute atomic E-state index is 0.0444. The molecule has 0 aliphatic carbocycles. The highest BCUT2D eigenvalue weighted by atomic mass is 35.5. The maximum absolute atomic E-state index is 9.31. The van der Waals surface area contributed by atoms with Gasteiger partial charge in [0, 0.05) is 35.9 Å². The maximum Gasteiger partial charge on any atom is 0.0984 e. The Labute approximate surface area is 119 Å². The van der Waals surface area contributed by atoms with Crippen molar-refractivity contribution in [3.63, 3.8) is 0 Å².